The van der Waals surface area contributed by atoms with Crippen LogP contribution >= 0.6 is 12.4 Å². The maximum atomic E-state index is 12.0. The molecular weight excluding hydrogens is 298 g/mol. The predicted octanol–water partition coefficient (Wildman–Crippen LogP) is 1.35. The van der Waals surface area contributed by atoms with Crippen molar-refractivity contribution in [1.82, 2.24) is 4.90 Å². The third kappa shape index (κ3) is 4.05. The molecule has 8 heteroatoms. The number of halogens is 1. The Kier molecular flexibility index (Phi) is 6.39. The summed E-state index contributed by atoms with van der Waals surface area (Å²) in [5, 5.41) is 10.8. The number of hydrogen-bond donors (Lipinski definition) is 1. The highest BCUT2D eigenvalue weighted by molar-refractivity contribution is 5.85. The lowest BCUT2D eigenvalue weighted by Gasteiger charge is -2.23. The summed E-state index contributed by atoms with van der Waals surface area (Å²) in [7, 11) is 0. The first-order chi connectivity index (χ1) is 9.63. The van der Waals surface area contributed by atoms with Crippen LogP contribution in [0.4, 0.5) is 5.69 Å². The fourth-order valence-corrected chi connectivity index (χ4v) is 2.36. The number of carbonyl (C=O) groups is 1. The van der Waals surface area contributed by atoms with Gasteiger partial charge in [-0.05, 0) is 18.9 Å². The van der Waals surface area contributed by atoms with Crippen LogP contribution in [0.15, 0.2) is 24.3 Å². The Balaban J connectivity index is 0.00000220. The molecule has 0 saturated carbocycles. The number of nitro groups is 1. The number of nitro benzene ring substituents is 1. The van der Waals surface area contributed by atoms with Crippen LogP contribution in [-0.4, -0.2) is 41.5 Å². The maximum absolute atomic E-state index is 12.0. The van der Waals surface area contributed by atoms with Gasteiger partial charge in [-0.15, -0.1) is 12.4 Å². The fraction of sp³-hybridized carbons (Fsp3) is 0.462. The van der Waals surface area contributed by atoms with E-state index in [2.05, 4.69) is 0 Å². The molecule has 0 aliphatic carbocycles. The summed E-state index contributed by atoms with van der Waals surface area (Å²) in [6.07, 6.45) is 1.83. The van der Waals surface area contributed by atoms with Gasteiger partial charge in [-0.3, -0.25) is 14.9 Å². The molecule has 1 atom stereocenters. The van der Waals surface area contributed by atoms with Gasteiger partial charge in [-0.25, -0.2) is 0 Å². The molecule has 1 fully saturated rings. The number of para-hydroxylation sites is 2. The van der Waals surface area contributed by atoms with Crippen LogP contribution in [0.3, 0.4) is 0 Å². The average molecular weight is 316 g/mol. The van der Waals surface area contributed by atoms with Crippen molar-refractivity contribution < 1.29 is 14.5 Å². The van der Waals surface area contributed by atoms with Crippen LogP contribution in [0.2, 0.25) is 0 Å². The Morgan fingerprint density at radius 3 is 2.86 bits per heavy atom. The first-order valence-electron chi connectivity index (χ1n) is 6.49. The molecule has 0 spiro atoms. The van der Waals surface area contributed by atoms with Crippen LogP contribution in [0.1, 0.15) is 12.8 Å². The minimum Gasteiger partial charge on any atom is -0.477 e. The third-order valence-corrected chi connectivity index (χ3v) is 3.38. The number of carbonyl (C=O) groups excluding carboxylic acids is 1. The Hall–Kier alpha value is -1.86. The summed E-state index contributed by atoms with van der Waals surface area (Å²) >= 11 is 0. The Morgan fingerprint density at radius 1 is 1.48 bits per heavy atom. The zero-order valence-corrected chi connectivity index (χ0v) is 12.3. The molecule has 1 amide bonds. The molecule has 1 saturated heterocycles. The smallest absolute Gasteiger partial charge is 0.310 e. The number of likely N-dealkylation sites (tertiary alicyclic amines) is 1. The predicted molar refractivity (Wildman–Crippen MR) is 79.6 cm³/mol. The van der Waals surface area contributed by atoms with E-state index in [0.717, 1.165) is 12.8 Å². The molecule has 0 bridgehead atoms. The zero-order chi connectivity index (χ0) is 14.5. The van der Waals surface area contributed by atoms with Crippen molar-refractivity contribution in [2.24, 2.45) is 5.73 Å². The second-order valence-corrected chi connectivity index (χ2v) is 4.63. The van der Waals surface area contributed by atoms with Gasteiger partial charge in [-0.2, -0.15) is 0 Å². The van der Waals surface area contributed by atoms with Gasteiger partial charge >= 0.3 is 5.69 Å². The molecular formula is C13H18ClN3O4. The van der Waals surface area contributed by atoms with E-state index in [1.165, 1.54) is 12.1 Å². The summed E-state index contributed by atoms with van der Waals surface area (Å²) in [4.78, 5) is 24.0. The van der Waals surface area contributed by atoms with Crippen molar-refractivity contribution in [3.63, 3.8) is 0 Å². The lowest BCUT2D eigenvalue weighted by atomic mass is 10.2. The molecule has 7 nitrogen and oxygen atoms in total. The van der Waals surface area contributed by atoms with E-state index in [4.69, 9.17) is 10.5 Å². The molecule has 2 rings (SSSR count). The fourth-order valence-electron chi connectivity index (χ4n) is 2.36. The van der Waals surface area contributed by atoms with E-state index in [0.29, 0.717) is 13.1 Å². The summed E-state index contributed by atoms with van der Waals surface area (Å²) in [5.74, 6) is -0.0783. The number of benzene rings is 1. The van der Waals surface area contributed by atoms with E-state index in [1.807, 2.05) is 0 Å². The van der Waals surface area contributed by atoms with E-state index in [9.17, 15) is 14.9 Å². The van der Waals surface area contributed by atoms with Crippen molar-refractivity contribution >= 4 is 24.0 Å². The second-order valence-electron chi connectivity index (χ2n) is 4.63. The second kappa shape index (κ2) is 7.80. The normalized spacial score (nSPS) is 17.2. The van der Waals surface area contributed by atoms with Crippen LogP contribution in [0.25, 0.3) is 0 Å². The van der Waals surface area contributed by atoms with Gasteiger partial charge in [0.15, 0.2) is 12.4 Å². The van der Waals surface area contributed by atoms with Crippen molar-refractivity contribution in [2.45, 2.75) is 18.9 Å². The van der Waals surface area contributed by atoms with Crippen LogP contribution < -0.4 is 10.5 Å². The first kappa shape index (κ1) is 17.2. The van der Waals surface area contributed by atoms with Crippen LogP contribution in [0.5, 0.6) is 5.75 Å². The molecule has 1 aliphatic rings. The summed E-state index contributed by atoms with van der Waals surface area (Å²) in [5.41, 5.74) is 5.47. The number of nitrogens with two attached hydrogens (primary N) is 1. The largest absolute Gasteiger partial charge is 0.477 e. The molecule has 1 heterocycles. The van der Waals surface area contributed by atoms with Crippen molar-refractivity contribution in [1.29, 1.82) is 0 Å². The minimum absolute atomic E-state index is 0. The van der Waals surface area contributed by atoms with Gasteiger partial charge in [-0.1, -0.05) is 12.1 Å². The van der Waals surface area contributed by atoms with Gasteiger partial charge < -0.3 is 15.4 Å². The van der Waals surface area contributed by atoms with E-state index in [-0.39, 0.29) is 42.4 Å². The molecule has 1 aromatic carbocycles. The highest BCUT2D eigenvalue weighted by Gasteiger charge is 2.28. The SMILES string of the molecule is Cl.NCC1CCCN1C(=O)COc1ccccc1[N+](=O)[O-]. The van der Waals surface area contributed by atoms with E-state index < -0.39 is 4.92 Å². The topological polar surface area (TPSA) is 98.7 Å². The van der Waals surface area contributed by atoms with Crippen LogP contribution in [-0.2, 0) is 4.79 Å². The molecule has 2 N–H and O–H groups in total. The lowest BCUT2D eigenvalue weighted by Crippen LogP contribution is -2.42. The standard InChI is InChI=1S/C13H17N3O4.ClH/c14-8-10-4-3-7-15(10)13(17)9-20-12-6-2-1-5-11(12)16(18)19;/h1-2,5-6,10H,3-4,7-9,14H2;1H. The van der Waals surface area contributed by atoms with Gasteiger partial charge in [0.05, 0.1) is 4.92 Å². The molecule has 0 aromatic heterocycles. The Labute approximate surface area is 128 Å². The molecule has 1 aromatic rings. The molecule has 0 radical (unpaired) electrons. The van der Waals surface area contributed by atoms with Crippen molar-refractivity contribution in [3.05, 3.63) is 34.4 Å². The van der Waals surface area contributed by atoms with Gasteiger partial charge in [0.2, 0.25) is 0 Å². The average Bonchev–Trinajstić information content (AvgIpc) is 2.93. The number of amides is 1. The molecule has 21 heavy (non-hydrogen) atoms. The summed E-state index contributed by atoms with van der Waals surface area (Å²) in [6, 6.07) is 6.06. The monoisotopic (exact) mass is 315 g/mol. The van der Waals surface area contributed by atoms with Crippen LogP contribution in [0, 0.1) is 10.1 Å². The number of hydrogen-bond acceptors (Lipinski definition) is 5. The van der Waals surface area contributed by atoms with Gasteiger partial charge in [0.25, 0.3) is 5.91 Å². The minimum atomic E-state index is -0.529. The highest BCUT2D eigenvalue weighted by Crippen LogP contribution is 2.26. The summed E-state index contributed by atoms with van der Waals surface area (Å²) < 4.78 is 5.29. The van der Waals surface area contributed by atoms with E-state index in [1.54, 1.807) is 17.0 Å². The first-order valence-corrected chi connectivity index (χ1v) is 6.49. The number of rotatable bonds is 5. The Bertz CT molecular complexity index is 512. The Morgan fingerprint density at radius 2 is 2.19 bits per heavy atom. The number of nitrogens with zero attached hydrogens (tertiary/aromatic N) is 2. The maximum Gasteiger partial charge on any atom is 0.310 e. The summed E-state index contributed by atoms with van der Waals surface area (Å²) in [6.45, 7) is 0.888. The quantitative estimate of drug-likeness (QED) is 0.653. The van der Waals surface area contributed by atoms with Crippen molar-refractivity contribution in [2.75, 3.05) is 19.7 Å². The lowest BCUT2D eigenvalue weighted by molar-refractivity contribution is -0.385. The highest BCUT2D eigenvalue weighted by atomic mass is 35.5. The van der Waals surface area contributed by atoms with Gasteiger partial charge in [0, 0.05) is 25.2 Å². The molecule has 1 aliphatic heterocycles. The zero-order valence-electron chi connectivity index (χ0n) is 11.4. The third-order valence-electron chi connectivity index (χ3n) is 3.38. The van der Waals surface area contributed by atoms with E-state index >= 15 is 0 Å². The van der Waals surface area contributed by atoms with Gasteiger partial charge in [0.1, 0.15) is 0 Å². The van der Waals surface area contributed by atoms with Crippen molar-refractivity contribution in [3.8, 4) is 5.75 Å². The number of ether oxygens (including phenoxy) is 1. The molecule has 116 valence electrons. The molecule has 1 unspecified atom stereocenters.